The maximum atomic E-state index is 8.73. The van der Waals surface area contributed by atoms with E-state index in [0.717, 1.165) is 19.5 Å². The summed E-state index contributed by atoms with van der Waals surface area (Å²) in [5.41, 5.74) is -0.204. The van der Waals surface area contributed by atoms with Gasteiger partial charge in [0.25, 0.3) is 0 Å². The average Bonchev–Trinajstić information content (AvgIpc) is 1.87. The average molecular weight is 154 g/mol. The zero-order valence-electron chi connectivity index (χ0n) is 8.02. The number of hydrogen-bond acceptors (Lipinski definition) is 2. The maximum absolute atomic E-state index is 8.73. The third kappa shape index (κ3) is 4.80. The standard InChI is InChI=1S/C9H18N2/c1-5-6-11(4)8-9(2,3)7-10/h5-6,8H2,1-4H3. The predicted molar refractivity (Wildman–Crippen MR) is 47.2 cm³/mol. The van der Waals surface area contributed by atoms with E-state index >= 15 is 0 Å². The Morgan fingerprint density at radius 1 is 1.45 bits per heavy atom. The Bertz CT molecular complexity index is 144. The summed E-state index contributed by atoms with van der Waals surface area (Å²) in [7, 11) is 2.06. The fraction of sp³-hybridized carbons (Fsp3) is 0.889. The van der Waals surface area contributed by atoms with Gasteiger partial charge < -0.3 is 4.90 Å². The van der Waals surface area contributed by atoms with Crippen LogP contribution in [0.5, 0.6) is 0 Å². The highest BCUT2D eigenvalue weighted by molar-refractivity contribution is 4.93. The molecule has 0 aromatic carbocycles. The van der Waals surface area contributed by atoms with Crippen molar-refractivity contribution < 1.29 is 0 Å². The molecule has 0 aliphatic rings. The normalized spacial score (nSPS) is 11.6. The van der Waals surface area contributed by atoms with Crippen LogP contribution >= 0.6 is 0 Å². The molecule has 0 saturated heterocycles. The summed E-state index contributed by atoms with van der Waals surface area (Å²) in [6.45, 7) is 8.02. The number of nitrogens with zero attached hydrogens (tertiary/aromatic N) is 2. The Kier molecular flexibility index (Phi) is 4.14. The first-order chi connectivity index (χ1) is 5.02. The second-order valence-electron chi connectivity index (χ2n) is 3.73. The van der Waals surface area contributed by atoms with Crippen molar-refractivity contribution in [3.8, 4) is 6.07 Å². The fourth-order valence-electron chi connectivity index (χ4n) is 1.17. The summed E-state index contributed by atoms with van der Waals surface area (Å²) in [6.07, 6.45) is 1.15. The maximum Gasteiger partial charge on any atom is 0.0697 e. The lowest BCUT2D eigenvalue weighted by atomic mass is 9.95. The molecule has 0 N–H and O–H groups in total. The molecule has 0 aromatic rings. The lowest BCUT2D eigenvalue weighted by molar-refractivity contribution is 0.256. The molecule has 2 heteroatoms. The van der Waals surface area contributed by atoms with Crippen LogP contribution in [0.2, 0.25) is 0 Å². The summed E-state index contributed by atoms with van der Waals surface area (Å²) in [6, 6.07) is 2.29. The molecule has 0 heterocycles. The minimum Gasteiger partial charge on any atom is -0.305 e. The van der Waals surface area contributed by atoms with E-state index in [0.29, 0.717) is 0 Å². The lowest BCUT2D eigenvalue weighted by Gasteiger charge is -2.23. The summed E-state index contributed by atoms with van der Waals surface area (Å²) < 4.78 is 0. The van der Waals surface area contributed by atoms with Gasteiger partial charge in [0.05, 0.1) is 11.5 Å². The Morgan fingerprint density at radius 2 is 2.00 bits per heavy atom. The summed E-state index contributed by atoms with van der Waals surface area (Å²) in [4.78, 5) is 2.20. The highest BCUT2D eigenvalue weighted by Gasteiger charge is 2.18. The number of hydrogen-bond donors (Lipinski definition) is 0. The van der Waals surface area contributed by atoms with Crippen LogP contribution in [0.25, 0.3) is 0 Å². The molecule has 11 heavy (non-hydrogen) atoms. The van der Waals surface area contributed by atoms with Crippen LogP contribution in [0, 0.1) is 16.7 Å². The van der Waals surface area contributed by atoms with E-state index in [2.05, 4.69) is 24.9 Å². The van der Waals surface area contributed by atoms with Crippen molar-refractivity contribution in [2.45, 2.75) is 27.2 Å². The zero-order chi connectivity index (χ0) is 8.91. The Balaban J connectivity index is 3.76. The first kappa shape index (κ1) is 10.4. The number of nitriles is 1. The van der Waals surface area contributed by atoms with E-state index < -0.39 is 0 Å². The quantitative estimate of drug-likeness (QED) is 0.618. The second kappa shape index (κ2) is 4.35. The minimum absolute atomic E-state index is 0.204. The highest BCUT2D eigenvalue weighted by atomic mass is 15.1. The van der Waals surface area contributed by atoms with Crippen molar-refractivity contribution in [3.05, 3.63) is 0 Å². The van der Waals surface area contributed by atoms with Crippen LogP contribution in [0.15, 0.2) is 0 Å². The van der Waals surface area contributed by atoms with Crippen molar-refractivity contribution in [1.82, 2.24) is 4.90 Å². The molecule has 0 unspecified atom stereocenters. The van der Waals surface area contributed by atoms with E-state index in [1.807, 2.05) is 13.8 Å². The van der Waals surface area contributed by atoms with E-state index in [-0.39, 0.29) is 5.41 Å². The molecule has 0 aromatic heterocycles. The molecule has 0 rings (SSSR count). The van der Waals surface area contributed by atoms with Crippen molar-refractivity contribution >= 4 is 0 Å². The smallest absolute Gasteiger partial charge is 0.0697 e. The molecule has 0 aliphatic carbocycles. The molecular weight excluding hydrogens is 136 g/mol. The van der Waals surface area contributed by atoms with E-state index in [4.69, 9.17) is 5.26 Å². The topological polar surface area (TPSA) is 27.0 Å². The van der Waals surface area contributed by atoms with Crippen LogP contribution in [-0.4, -0.2) is 25.0 Å². The lowest BCUT2D eigenvalue weighted by Crippen LogP contribution is -2.30. The molecule has 0 aliphatic heterocycles. The third-order valence-corrected chi connectivity index (χ3v) is 1.57. The van der Waals surface area contributed by atoms with Gasteiger partial charge in [0.15, 0.2) is 0 Å². The van der Waals surface area contributed by atoms with Crippen molar-refractivity contribution in [2.75, 3.05) is 20.1 Å². The molecular formula is C9H18N2. The van der Waals surface area contributed by atoms with Gasteiger partial charge in [-0.2, -0.15) is 5.26 Å². The molecule has 0 fully saturated rings. The van der Waals surface area contributed by atoms with Gasteiger partial charge in [-0.1, -0.05) is 6.92 Å². The van der Waals surface area contributed by atoms with Gasteiger partial charge in [0, 0.05) is 6.54 Å². The van der Waals surface area contributed by atoms with Gasteiger partial charge >= 0.3 is 0 Å². The molecule has 0 amide bonds. The van der Waals surface area contributed by atoms with Gasteiger partial charge in [-0.05, 0) is 33.9 Å². The molecule has 0 radical (unpaired) electrons. The van der Waals surface area contributed by atoms with E-state index in [1.54, 1.807) is 0 Å². The van der Waals surface area contributed by atoms with Crippen LogP contribution < -0.4 is 0 Å². The van der Waals surface area contributed by atoms with Crippen molar-refractivity contribution in [3.63, 3.8) is 0 Å². The van der Waals surface area contributed by atoms with Crippen molar-refractivity contribution in [1.29, 1.82) is 5.26 Å². The minimum atomic E-state index is -0.204. The molecule has 0 saturated carbocycles. The molecule has 0 bridgehead atoms. The van der Waals surface area contributed by atoms with Gasteiger partial charge in [0.1, 0.15) is 0 Å². The molecule has 0 atom stereocenters. The van der Waals surface area contributed by atoms with Crippen LogP contribution in [0.1, 0.15) is 27.2 Å². The van der Waals surface area contributed by atoms with Crippen LogP contribution in [0.4, 0.5) is 0 Å². The van der Waals surface area contributed by atoms with E-state index in [9.17, 15) is 0 Å². The van der Waals surface area contributed by atoms with Gasteiger partial charge in [0.2, 0.25) is 0 Å². The fourth-order valence-corrected chi connectivity index (χ4v) is 1.17. The Labute approximate surface area is 69.8 Å². The first-order valence-electron chi connectivity index (χ1n) is 4.11. The molecule has 64 valence electrons. The van der Waals surface area contributed by atoms with Gasteiger partial charge in [-0.15, -0.1) is 0 Å². The molecule has 2 nitrogen and oxygen atoms in total. The van der Waals surface area contributed by atoms with Gasteiger partial charge in [-0.3, -0.25) is 0 Å². The zero-order valence-corrected chi connectivity index (χ0v) is 8.02. The highest BCUT2D eigenvalue weighted by Crippen LogP contribution is 2.13. The Hall–Kier alpha value is -0.550. The number of rotatable bonds is 4. The monoisotopic (exact) mass is 154 g/mol. The predicted octanol–water partition coefficient (Wildman–Crippen LogP) is 1.88. The third-order valence-electron chi connectivity index (χ3n) is 1.57. The summed E-state index contributed by atoms with van der Waals surface area (Å²) in [5.74, 6) is 0. The first-order valence-corrected chi connectivity index (χ1v) is 4.11. The largest absolute Gasteiger partial charge is 0.305 e. The molecule has 0 spiro atoms. The second-order valence-corrected chi connectivity index (χ2v) is 3.73. The van der Waals surface area contributed by atoms with Gasteiger partial charge in [-0.25, -0.2) is 0 Å². The Morgan fingerprint density at radius 3 is 2.36 bits per heavy atom. The summed E-state index contributed by atoms with van der Waals surface area (Å²) >= 11 is 0. The van der Waals surface area contributed by atoms with Crippen LogP contribution in [-0.2, 0) is 0 Å². The van der Waals surface area contributed by atoms with Crippen LogP contribution in [0.3, 0.4) is 0 Å². The summed E-state index contributed by atoms with van der Waals surface area (Å²) in [5, 5.41) is 8.73. The van der Waals surface area contributed by atoms with E-state index in [1.165, 1.54) is 0 Å². The van der Waals surface area contributed by atoms with Crippen molar-refractivity contribution in [2.24, 2.45) is 5.41 Å². The SMILES string of the molecule is CCCN(C)CC(C)(C)C#N.